The summed E-state index contributed by atoms with van der Waals surface area (Å²) in [7, 11) is 0. The molecule has 0 rings (SSSR count). The van der Waals surface area contributed by atoms with Gasteiger partial charge in [-0.1, -0.05) is 26.5 Å². The van der Waals surface area contributed by atoms with Gasteiger partial charge in [-0.05, 0) is 18.4 Å². The number of nitrogens with zero attached hydrogens (tertiary/aromatic N) is 1. The van der Waals surface area contributed by atoms with E-state index < -0.39 is 0 Å². The van der Waals surface area contributed by atoms with Gasteiger partial charge < -0.3 is 0 Å². The summed E-state index contributed by atoms with van der Waals surface area (Å²) in [5.74, 6) is 0.400. The van der Waals surface area contributed by atoms with Crippen LogP contribution in [0.3, 0.4) is 0 Å². The molecule has 54 valence electrons. The lowest BCUT2D eigenvalue weighted by Crippen LogP contribution is -1.92. The van der Waals surface area contributed by atoms with Crippen molar-refractivity contribution >= 4 is 0 Å². The van der Waals surface area contributed by atoms with Gasteiger partial charge in [-0.15, -0.1) is 0 Å². The van der Waals surface area contributed by atoms with Crippen LogP contribution in [-0.4, -0.2) is 0 Å². The minimum absolute atomic E-state index is 0.400. The third-order valence-corrected chi connectivity index (χ3v) is 1.44. The van der Waals surface area contributed by atoms with Crippen molar-refractivity contribution in [2.45, 2.75) is 20.8 Å². The highest BCUT2D eigenvalue weighted by molar-refractivity contribution is 5.33. The molecule has 0 radical (unpaired) electrons. The first kappa shape index (κ1) is 8.97. The molecule has 10 heavy (non-hydrogen) atoms. The molecule has 0 saturated heterocycles. The van der Waals surface area contributed by atoms with Gasteiger partial charge in [0.25, 0.3) is 0 Å². The van der Waals surface area contributed by atoms with Crippen molar-refractivity contribution < 1.29 is 0 Å². The van der Waals surface area contributed by atoms with Gasteiger partial charge in [-0.3, -0.25) is 0 Å². The molecule has 0 saturated carbocycles. The van der Waals surface area contributed by atoms with E-state index in [4.69, 9.17) is 5.26 Å². The van der Waals surface area contributed by atoms with Crippen LogP contribution >= 0.6 is 0 Å². The largest absolute Gasteiger partial charge is 0.193 e. The highest BCUT2D eigenvalue weighted by Gasteiger charge is 2.01. The Kier molecular flexibility index (Phi) is 3.49. The van der Waals surface area contributed by atoms with E-state index in [0.29, 0.717) is 5.92 Å². The molecular formula is C9H13N. The number of allylic oxidation sites excluding steroid dienone is 3. The summed E-state index contributed by atoms with van der Waals surface area (Å²) in [5.41, 5.74) is 1.81. The molecule has 0 aliphatic carbocycles. The maximum Gasteiger partial charge on any atom is 0.0947 e. The highest BCUT2D eigenvalue weighted by Crippen LogP contribution is 2.14. The Balaban J connectivity index is 4.67. The number of nitriles is 1. The van der Waals surface area contributed by atoms with Gasteiger partial charge in [0.2, 0.25) is 0 Å². The molecule has 0 spiro atoms. The van der Waals surface area contributed by atoms with Gasteiger partial charge in [-0.2, -0.15) is 5.26 Å². The fraction of sp³-hybridized carbons (Fsp3) is 0.444. The normalized spacial score (nSPS) is 12.3. The Morgan fingerprint density at radius 1 is 1.60 bits per heavy atom. The topological polar surface area (TPSA) is 23.8 Å². The Labute approximate surface area is 62.7 Å². The third kappa shape index (κ3) is 2.06. The van der Waals surface area contributed by atoms with Crippen LogP contribution in [0.4, 0.5) is 0 Å². The van der Waals surface area contributed by atoms with Gasteiger partial charge in [0.15, 0.2) is 0 Å². The minimum atomic E-state index is 0.400. The van der Waals surface area contributed by atoms with Crippen molar-refractivity contribution in [2.24, 2.45) is 5.92 Å². The zero-order valence-electron chi connectivity index (χ0n) is 6.81. The van der Waals surface area contributed by atoms with E-state index in [0.717, 1.165) is 11.1 Å². The second-order valence-corrected chi connectivity index (χ2v) is 2.55. The van der Waals surface area contributed by atoms with E-state index in [2.05, 4.69) is 26.5 Å². The first-order valence-electron chi connectivity index (χ1n) is 3.36. The molecule has 0 fully saturated rings. The van der Waals surface area contributed by atoms with Crippen LogP contribution in [0.5, 0.6) is 0 Å². The van der Waals surface area contributed by atoms with Gasteiger partial charge in [0.1, 0.15) is 0 Å². The van der Waals surface area contributed by atoms with E-state index in [1.165, 1.54) is 0 Å². The lowest BCUT2D eigenvalue weighted by molar-refractivity contribution is 0.785. The SMILES string of the molecule is C=C/C(=C(\C)C#N)C(C)C. The molecular weight excluding hydrogens is 122 g/mol. The molecule has 0 aliphatic heterocycles. The maximum absolute atomic E-state index is 8.53. The van der Waals surface area contributed by atoms with Crippen molar-refractivity contribution in [2.75, 3.05) is 0 Å². The van der Waals surface area contributed by atoms with Crippen molar-refractivity contribution in [3.63, 3.8) is 0 Å². The van der Waals surface area contributed by atoms with E-state index in [9.17, 15) is 0 Å². The van der Waals surface area contributed by atoms with Crippen molar-refractivity contribution in [1.29, 1.82) is 5.26 Å². The van der Waals surface area contributed by atoms with Crippen LogP contribution in [0.1, 0.15) is 20.8 Å². The average Bonchev–Trinajstić information content (AvgIpc) is 1.88. The van der Waals surface area contributed by atoms with Crippen molar-refractivity contribution in [3.8, 4) is 6.07 Å². The van der Waals surface area contributed by atoms with Crippen LogP contribution in [0.15, 0.2) is 23.8 Å². The second kappa shape index (κ2) is 3.90. The summed E-state index contributed by atoms with van der Waals surface area (Å²) in [6, 6.07) is 2.11. The molecule has 1 heteroatoms. The van der Waals surface area contributed by atoms with Gasteiger partial charge >= 0.3 is 0 Å². The summed E-state index contributed by atoms with van der Waals surface area (Å²) in [6.07, 6.45) is 1.75. The predicted octanol–water partition coefficient (Wildman–Crippen LogP) is 2.67. The standard InChI is InChI=1S/C9H13N/c1-5-9(7(2)3)8(4)6-10/h5,7H,1H2,2-4H3/b9-8-. The number of hydrogen-bond donors (Lipinski definition) is 0. The number of hydrogen-bond acceptors (Lipinski definition) is 1. The van der Waals surface area contributed by atoms with Crippen LogP contribution in [0, 0.1) is 17.2 Å². The molecule has 0 unspecified atom stereocenters. The summed E-state index contributed by atoms with van der Waals surface area (Å²) >= 11 is 0. The second-order valence-electron chi connectivity index (χ2n) is 2.55. The first-order valence-corrected chi connectivity index (χ1v) is 3.36. The quantitative estimate of drug-likeness (QED) is 0.422. The zero-order valence-corrected chi connectivity index (χ0v) is 6.81. The summed E-state index contributed by atoms with van der Waals surface area (Å²) in [5, 5.41) is 8.53. The molecule has 1 nitrogen and oxygen atoms in total. The fourth-order valence-electron chi connectivity index (χ4n) is 0.886. The Hall–Kier alpha value is -1.03. The van der Waals surface area contributed by atoms with Crippen LogP contribution < -0.4 is 0 Å². The van der Waals surface area contributed by atoms with Crippen molar-refractivity contribution in [1.82, 2.24) is 0 Å². The summed E-state index contributed by atoms with van der Waals surface area (Å²) < 4.78 is 0. The lowest BCUT2D eigenvalue weighted by Gasteiger charge is -2.05. The average molecular weight is 135 g/mol. The molecule has 0 atom stereocenters. The maximum atomic E-state index is 8.53. The van der Waals surface area contributed by atoms with E-state index >= 15 is 0 Å². The molecule has 0 bridgehead atoms. The van der Waals surface area contributed by atoms with Gasteiger partial charge in [0.05, 0.1) is 6.07 Å². The Morgan fingerprint density at radius 2 is 2.10 bits per heavy atom. The van der Waals surface area contributed by atoms with Crippen LogP contribution in [-0.2, 0) is 0 Å². The predicted molar refractivity (Wildman–Crippen MR) is 43.3 cm³/mol. The molecule has 0 aromatic rings. The summed E-state index contributed by atoms with van der Waals surface area (Å²) in [4.78, 5) is 0. The van der Waals surface area contributed by atoms with Crippen LogP contribution in [0.25, 0.3) is 0 Å². The molecule has 0 N–H and O–H groups in total. The fourth-order valence-corrected chi connectivity index (χ4v) is 0.886. The summed E-state index contributed by atoms with van der Waals surface area (Å²) in [6.45, 7) is 9.57. The third-order valence-electron chi connectivity index (χ3n) is 1.44. The highest BCUT2D eigenvalue weighted by atomic mass is 14.2. The smallest absolute Gasteiger partial charge is 0.0947 e. The van der Waals surface area contributed by atoms with Gasteiger partial charge in [0, 0.05) is 5.57 Å². The molecule has 0 aromatic heterocycles. The lowest BCUT2D eigenvalue weighted by atomic mass is 9.99. The Morgan fingerprint density at radius 3 is 2.20 bits per heavy atom. The number of rotatable bonds is 2. The van der Waals surface area contributed by atoms with Gasteiger partial charge in [-0.25, -0.2) is 0 Å². The zero-order chi connectivity index (χ0) is 8.15. The van der Waals surface area contributed by atoms with E-state index in [-0.39, 0.29) is 0 Å². The van der Waals surface area contributed by atoms with Crippen LogP contribution in [0.2, 0.25) is 0 Å². The molecule has 0 amide bonds. The van der Waals surface area contributed by atoms with E-state index in [1.807, 2.05) is 6.92 Å². The Bertz CT molecular complexity index is 191. The monoisotopic (exact) mass is 135 g/mol. The van der Waals surface area contributed by atoms with Crippen molar-refractivity contribution in [3.05, 3.63) is 23.8 Å². The van der Waals surface area contributed by atoms with E-state index in [1.54, 1.807) is 6.08 Å². The first-order chi connectivity index (χ1) is 4.63. The molecule has 0 aromatic carbocycles. The molecule has 0 heterocycles. The molecule has 0 aliphatic rings. The minimum Gasteiger partial charge on any atom is -0.193 e.